The second-order valence-corrected chi connectivity index (χ2v) is 2.00. The van der Waals surface area contributed by atoms with Gasteiger partial charge in [0, 0.05) is 12.5 Å². The van der Waals surface area contributed by atoms with Gasteiger partial charge in [0.25, 0.3) is 0 Å². The molecule has 3 heteroatoms. The summed E-state index contributed by atoms with van der Waals surface area (Å²) in [5, 5.41) is 0. The van der Waals surface area contributed by atoms with Gasteiger partial charge >= 0.3 is 5.97 Å². The Morgan fingerprint density at radius 3 is 2.55 bits per heavy atom. The van der Waals surface area contributed by atoms with E-state index < -0.39 is 5.97 Å². The summed E-state index contributed by atoms with van der Waals surface area (Å²) in [6.07, 6.45) is 3.25. The minimum absolute atomic E-state index is 0.0668. The molecule has 62 valence electrons. The van der Waals surface area contributed by atoms with Crippen LogP contribution in [0, 0.1) is 0 Å². The molecule has 0 aliphatic heterocycles. The van der Waals surface area contributed by atoms with Crippen molar-refractivity contribution in [2.45, 2.75) is 20.3 Å². The highest BCUT2D eigenvalue weighted by Gasteiger charge is 2.00. The maximum atomic E-state index is 10.6. The summed E-state index contributed by atoms with van der Waals surface area (Å²) in [5.74, 6) is -0.530. The van der Waals surface area contributed by atoms with Crippen molar-refractivity contribution in [3.8, 4) is 0 Å². The monoisotopic (exact) mass is 156 g/mol. The Labute approximate surface area is 66.0 Å². The van der Waals surface area contributed by atoms with Gasteiger partial charge in [-0.2, -0.15) is 0 Å². The summed E-state index contributed by atoms with van der Waals surface area (Å²) in [7, 11) is 0. The van der Waals surface area contributed by atoms with Gasteiger partial charge in [-0.05, 0) is 6.92 Å². The van der Waals surface area contributed by atoms with Crippen molar-refractivity contribution >= 4 is 11.8 Å². The number of ketones is 1. The summed E-state index contributed by atoms with van der Waals surface area (Å²) in [6, 6.07) is 0. The van der Waals surface area contributed by atoms with Crippen LogP contribution >= 0.6 is 0 Å². The molecule has 0 aliphatic rings. The first-order valence-electron chi connectivity index (χ1n) is 3.51. The first-order chi connectivity index (χ1) is 5.20. The van der Waals surface area contributed by atoms with Crippen molar-refractivity contribution in [3.63, 3.8) is 0 Å². The van der Waals surface area contributed by atoms with Crippen LogP contribution in [0.5, 0.6) is 0 Å². The number of hydrogen-bond donors (Lipinski definition) is 0. The lowest BCUT2D eigenvalue weighted by molar-refractivity contribution is -0.143. The predicted octanol–water partition coefficient (Wildman–Crippen LogP) is 1.08. The Bertz CT molecular complexity index is 170. The Morgan fingerprint density at radius 1 is 1.45 bits per heavy atom. The molecule has 11 heavy (non-hydrogen) atoms. The van der Waals surface area contributed by atoms with Crippen LogP contribution in [0.25, 0.3) is 0 Å². The van der Waals surface area contributed by atoms with Gasteiger partial charge in [-0.25, -0.2) is 4.79 Å². The number of carbonyl (C=O) groups excluding carboxylic acids is 2. The molecule has 0 unspecified atom stereocenters. The van der Waals surface area contributed by atoms with Crippen LogP contribution in [0.4, 0.5) is 0 Å². The SMILES string of the molecule is CC=CC(=O)OCC(=O)CC. The van der Waals surface area contributed by atoms with Crippen molar-refractivity contribution < 1.29 is 14.3 Å². The average Bonchev–Trinajstić information content (AvgIpc) is 2.01. The van der Waals surface area contributed by atoms with Gasteiger partial charge in [0.05, 0.1) is 0 Å². The molecule has 3 nitrogen and oxygen atoms in total. The molecule has 0 rings (SSSR count). The van der Waals surface area contributed by atoms with Gasteiger partial charge in [-0.15, -0.1) is 0 Å². The lowest BCUT2D eigenvalue weighted by Crippen LogP contribution is -2.10. The van der Waals surface area contributed by atoms with Gasteiger partial charge in [0.2, 0.25) is 0 Å². The van der Waals surface area contributed by atoms with E-state index in [2.05, 4.69) is 4.74 Å². The molecule has 0 saturated carbocycles. The number of allylic oxidation sites excluding steroid dienone is 1. The lowest BCUT2D eigenvalue weighted by atomic mass is 10.3. The topological polar surface area (TPSA) is 43.4 Å². The van der Waals surface area contributed by atoms with Gasteiger partial charge in [0.15, 0.2) is 5.78 Å². The van der Waals surface area contributed by atoms with Crippen LogP contribution in [-0.4, -0.2) is 18.4 Å². The standard InChI is InChI=1S/C8H12O3/c1-3-5-8(10)11-6-7(9)4-2/h3,5H,4,6H2,1-2H3. The fraction of sp³-hybridized carbons (Fsp3) is 0.500. The van der Waals surface area contributed by atoms with E-state index in [9.17, 15) is 9.59 Å². The number of rotatable bonds is 4. The van der Waals surface area contributed by atoms with E-state index in [1.54, 1.807) is 19.9 Å². The zero-order valence-corrected chi connectivity index (χ0v) is 6.79. The zero-order chi connectivity index (χ0) is 8.69. The van der Waals surface area contributed by atoms with E-state index in [0.717, 1.165) is 0 Å². The second kappa shape index (κ2) is 5.65. The maximum Gasteiger partial charge on any atom is 0.330 e. The quantitative estimate of drug-likeness (QED) is 0.452. The molecule has 0 aromatic rings. The smallest absolute Gasteiger partial charge is 0.330 e. The van der Waals surface area contributed by atoms with Crippen molar-refractivity contribution in [1.29, 1.82) is 0 Å². The first kappa shape index (κ1) is 9.88. The van der Waals surface area contributed by atoms with Crippen LogP contribution in [0.2, 0.25) is 0 Å². The molecule has 0 heterocycles. The third kappa shape index (κ3) is 5.33. The number of carbonyl (C=O) groups is 2. The third-order valence-electron chi connectivity index (χ3n) is 1.07. The lowest BCUT2D eigenvalue weighted by Gasteiger charge is -1.97. The highest BCUT2D eigenvalue weighted by atomic mass is 16.5. The van der Waals surface area contributed by atoms with E-state index in [-0.39, 0.29) is 12.4 Å². The molecule has 0 saturated heterocycles. The van der Waals surface area contributed by atoms with E-state index >= 15 is 0 Å². The molecule has 0 aromatic carbocycles. The number of hydrogen-bond acceptors (Lipinski definition) is 3. The Morgan fingerprint density at radius 2 is 2.09 bits per heavy atom. The fourth-order valence-corrected chi connectivity index (χ4v) is 0.438. The molecule has 0 fully saturated rings. The Kier molecular flexibility index (Phi) is 5.07. The molecule has 0 aliphatic carbocycles. The van der Waals surface area contributed by atoms with E-state index in [4.69, 9.17) is 0 Å². The van der Waals surface area contributed by atoms with E-state index in [0.29, 0.717) is 6.42 Å². The molecular weight excluding hydrogens is 144 g/mol. The van der Waals surface area contributed by atoms with Crippen LogP contribution in [-0.2, 0) is 14.3 Å². The van der Waals surface area contributed by atoms with Crippen molar-refractivity contribution in [1.82, 2.24) is 0 Å². The zero-order valence-electron chi connectivity index (χ0n) is 6.79. The molecule has 0 amide bonds. The number of ether oxygens (including phenoxy) is 1. The molecule has 0 aromatic heterocycles. The Balaban J connectivity index is 3.54. The van der Waals surface area contributed by atoms with Crippen molar-refractivity contribution in [2.75, 3.05) is 6.61 Å². The normalized spacial score (nSPS) is 10.0. The highest BCUT2D eigenvalue weighted by molar-refractivity contribution is 5.86. The average molecular weight is 156 g/mol. The summed E-state index contributed by atoms with van der Waals surface area (Å²) in [6.45, 7) is 3.33. The van der Waals surface area contributed by atoms with Crippen LogP contribution in [0.3, 0.4) is 0 Å². The number of esters is 1. The summed E-state index contributed by atoms with van der Waals surface area (Å²) < 4.78 is 4.56. The van der Waals surface area contributed by atoms with Crippen LogP contribution < -0.4 is 0 Å². The van der Waals surface area contributed by atoms with Gasteiger partial charge in [0.1, 0.15) is 6.61 Å². The second-order valence-electron chi connectivity index (χ2n) is 2.00. The predicted molar refractivity (Wildman–Crippen MR) is 41.1 cm³/mol. The fourth-order valence-electron chi connectivity index (χ4n) is 0.438. The molecular formula is C8H12O3. The third-order valence-corrected chi connectivity index (χ3v) is 1.07. The molecule has 0 atom stereocenters. The first-order valence-corrected chi connectivity index (χ1v) is 3.51. The molecule has 0 radical (unpaired) electrons. The van der Waals surface area contributed by atoms with Gasteiger partial charge in [-0.3, -0.25) is 4.79 Å². The maximum absolute atomic E-state index is 10.6. The van der Waals surface area contributed by atoms with Crippen molar-refractivity contribution in [3.05, 3.63) is 12.2 Å². The minimum Gasteiger partial charge on any atom is -0.455 e. The highest BCUT2D eigenvalue weighted by Crippen LogP contribution is 1.85. The van der Waals surface area contributed by atoms with Crippen LogP contribution in [0.1, 0.15) is 20.3 Å². The summed E-state index contributed by atoms with van der Waals surface area (Å²) in [4.78, 5) is 21.2. The van der Waals surface area contributed by atoms with E-state index in [1.165, 1.54) is 6.08 Å². The van der Waals surface area contributed by atoms with Gasteiger partial charge in [-0.1, -0.05) is 13.0 Å². The van der Waals surface area contributed by atoms with Crippen molar-refractivity contribution in [2.24, 2.45) is 0 Å². The summed E-state index contributed by atoms with van der Waals surface area (Å²) >= 11 is 0. The largest absolute Gasteiger partial charge is 0.455 e. The molecule has 0 spiro atoms. The minimum atomic E-state index is -0.464. The van der Waals surface area contributed by atoms with Gasteiger partial charge < -0.3 is 4.74 Å². The number of Topliss-reactive ketones (excluding diaryl/α,β-unsaturated/α-hetero) is 1. The van der Waals surface area contributed by atoms with Crippen LogP contribution in [0.15, 0.2) is 12.2 Å². The van der Waals surface area contributed by atoms with E-state index in [1.807, 2.05) is 0 Å². The summed E-state index contributed by atoms with van der Waals surface area (Å²) in [5.41, 5.74) is 0. The Hall–Kier alpha value is -1.12. The molecule has 0 bridgehead atoms. The molecule has 0 N–H and O–H groups in total.